The molecule has 1 N–H and O–H groups in total. The van der Waals surface area contributed by atoms with Crippen molar-refractivity contribution >= 4 is 0 Å². The standard InChI is InChI=1S/C19H26F2N4/c1-13-17(12-22-11-15-6-8-24(3)9-7-15)14(2)25(23-13)19-5-4-16(20)10-18(19)21/h4-5,10,15,22H,6-9,11-12H2,1-3H3. The number of piperidine rings is 1. The highest BCUT2D eigenvalue weighted by Gasteiger charge is 2.18. The Bertz CT molecular complexity index is 733. The topological polar surface area (TPSA) is 33.1 Å². The molecule has 2 aromatic rings. The summed E-state index contributed by atoms with van der Waals surface area (Å²) in [4.78, 5) is 2.37. The van der Waals surface area contributed by atoms with E-state index in [1.807, 2.05) is 13.8 Å². The maximum Gasteiger partial charge on any atom is 0.151 e. The molecule has 0 amide bonds. The Kier molecular flexibility index (Phi) is 5.49. The first-order valence-electron chi connectivity index (χ1n) is 8.85. The van der Waals surface area contributed by atoms with Crippen LogP contribution in [0.5, 0.6) is 0 Å². The second-order valence-corrected chi connectivity index (χ2v) is 7.03. The number of halogens is 2. The van der Waals surface area contributed by atoms with Gasteiger partial charge in [0.15, 0.2) is 5.82 Å². The molecule has 6 heteroatoms. The lowest BCUT2D eigenvalue weighted by molar-refractivity contribution is 0.216. The molecule has 1 saturated heterocycles. The number of nitrogens with zero attached hydrogens (tertiary/aromatic N) is 3. The van der Waals surface area contributed by atoms with Gasteiger partial charge in [0.25, 0.3) is 0 Å². The first-order valence-corrected chi connectivity index (χ1v) is 8.85. The molecule has 0 atom stereocenters. The van der Waals surface area contributed by atoms with Crippen LogP contribution >= 0.6 is 0 Å². The molecule has 0 radical (unpaired) electrons. The van der Waals surface area contributed by atoms with Gasteiger partial charge in [-0.25, -0.2) is 13.5 Å². The molecule has 3 rings (SSSR count). The number of benzene rings is 1. The largest absolute Gasteiger partial charge is 0.312 e. The van der Waals surface area contributed by atoms with Gasteiger partial charge in [-0.3, -0.25) is 0 Å². The zero-order valence-corrected chi connectivity index (χ0v) is 15.1. The lowest BCUT2D eigenvalue weighted by atomic mass is 9.97. The molecule has 1 aromatic heterocycles. The van der Waals surface area contributed by atoms with E-state index in [2.05, 4.69) is 22.4 Å². The van der Waals surface area contributed by atoms with Gasteiger partial charge in [0, 0.05) is 23.9 Å². The molecule has 1 fully saturated rings. The summed E-state index contributed by atoms with van der Waals surface area (Å²) in [5, 5.41) is 7.98. The second kappa shape index (κ2) is 7.62. The molecule has 1 aliphatic heterocycles. The van der Waals surface area contributed by atoms with E-state index >= 15 is 0 Å². The van der Waals surface area contributed by atoms with Crippen molar-refractivity contribution in [3.8, 4) is 5.69 Å². The average Bonchev–Trinajstić information content (AvgIpc) is 2.84. The van der Waals surface area contributed by atoms with E-state index in [1.165, 1.54) is 25.0 Å². The third-order valence-corrected chi connectivity index (χ3v) is 5.15. The zero-order chi connectivity index (χ0) is 18.0. The number of hydrogen-bond donors (Lipinski definition) is 1. The highest BCUT2D eigenvalue weighted by Crippen LogP contribution is 2.21. The van der Waals surface area contributed by atoms with Crippen LogP contribution in [0.25, 0.3) is 5.69 Å². The average molecular weight is 348 g/mol. The molecule has 1 aromatic carbocycles. The molecule has 136 valence electrons. The predicted octanol–water partition coefficient (Wildman–Crippen LogP) is 3.20. The summed E-state index contributed by atoms with van der Waals surface area (Å²) in [6.07, 6.45) is 2.45. The van der Waals surface area contributed by atoms with Crippen LogP contribution in [-0.2, 0) is 6.54 Å². The van der Waals surface area contributed by atoms with Crippen LogP contribution in [0.15, 0.2) is 18.2 Å². The van der Waals surface area contributed by atoms with Crippen molar-refractivity contribution in [1.29, 1.82) is 0 Å². The first-order chi connectivity index (χ1) is 12.0. The predicted molar refractivity (Wildman–Crippen MR) is 94.9 cm³/mol. The molecule has 0 bridgehead atoms. The summed E-state index contributed by atoms with van der Waals surface area (Å²) in [5.74, 6) is -0.472. The van der Waals surface area contributed by atoms with Crippen LogP contribution in [0.3, 0.4) is 0 Å². The number of hydrogen-bond acceptors (Lipinski definition) is 3. The van der Waals surface area contributed by atoms with Crippen molar-refractivity contribution in [2.24, 2.45) is 5.92 Å². The fourth-order valence-electron chi connectivity index (χ4n) is 3.49. The molecule has 1 aliphatic rings. The first kappa shape index (κ1) is 18.0. The van der Waals surface area contributed by atoms with Crippen LogP contribution < -0.4 is 5.32 Å². The lowest BCUT2D eigenvalue weighted by Crippen LogP contribution is -2.34. The van der Waals surface area contributed by atoms with E-state index in [0.29, 0.717) is 12.5 Å². The van der Waals surface area contributed by atoms with E-state index < -0.39 is 11.6 Å². The SMILES string of the molecule is Cc1nn(-c2ccc(F)cc2F)c(C)c1CNCC1CCN(C)CC1. The van der Waals surface area contributed by atoms with Gasteiger partial charge in [-0.15, -0.1) is 0 Å². The minimum absolute atomic E-state index is 0.281. The number of aryl methyl sites for hydroxylation is 1. The van der Waals surface area contributed by atoms with Crippen molar-refractivity contribution < 1.29 is 8.78 Å². The summed E-state index contributed by atoms with van der Waals surface area (Å²) >= 11 is 0. The van der Waals surface area contributed by atoms with Crippen LogP contribution in [0, 0.1) is 31.4 Å². The monoisotopic (exact) mass is 348 g/mol. The fourth-order valence-corrected chi connectivity index (χ4v) is 3.49. The van der Waals surface area contributed by atoms with Crippen LogP contribution in [0.1, 0.15) is 29.8 Å². The third-order valence-electron chi connectivity index (χ3n) is 5.15. The molecule has 2 heterocycles. The Hall–Kier alpha value is -1.79. The highest BCUT2D eigenvalue weighted by atomic mass is 19.1. The second-order valence-electron chi connectivity index (χ2n) is 7.03. The molecular formula is C19H26F2N4. The third kappa shape index (κ3) is 4.07. The lowest BCUT2D eigenvalue weighted by Gasteiger charge is -2.29. The van der Waals surface area contributed by atoms with Crippen molar-refractivity contribution in [1.82, 2.24) is 20.0 Å². The smallest absolute Gasteiger partial charge is 0.151 e. The van der Waals surface area contributed by atoms with Gasteiger partial charge < -0.3 is 10.2 Å². The molecular weight excluding hydrogens is 322 g/mol. The summed E-state index contributed by atoms with van der Waals surface area (Å²) in [6, 6.07) is 3.58. The van der Waals surface area contributed by atoms with Gasteiger partial charge in [0.1, 0.15) is 11.5 Å². The maximum absolute atomic E-state index is 14.1. The van der Waals surface area contributed by atoms with E-state index in [-0.39, 0.29) is 5.69 Å². The van der Waals surface area contributed by atoms with Crippen LogP contribution in [0.4, 0.5) is 8.78 Å². The van der Waals surface area contributed by atoms with Gasteiger partial charge in [-0.2, -0.15) is 5.10 Å². The summed E-state index contributed by atoms with van der Waals surface area (Å²) in [6.45, 7) is 7.88. The molecule has 25 heavy (non-hydrogen) atoms. The minimum Gasteiger partial charge on any atom is -0.312 e. The highest BCUT2D eigenvalue weighted by molar-refractivity contribution is 5.38. The Balaban J connectivity index is 1.67. The number of aromatic nitrogens is 2. The Labute approximate surface area is 147 Å². The number of nitrogens with one attached hydrogen (secondary N) is 1. The summed E-state index contributed by atoms with van der Waals surface area (Å²) < 4.78 is 28.8. The van der Waals surface area contributed by atoms with E-state index in [1.54, 1.807) is 4.68 Å². The van der Waals surface area contributed by atoms with Crippen molar-refractivity contribution in [3.05, 3.63) is 46.8 Å². The van der Waals surface area contributed by atoms with Gasteiger partial charge in [0.05, 0.1) is 5.69 Å². The maximum atomic E-state index is 14.1. The normalized spacial score (nSPS) is 16.5. The van der Waals surface area contributed by atoms with Crippen LogP contribution in [-0.4, -0.2) is 41.4 Å². The Morgan fingerprint density at radius 3 is 2.60 bits per heavy atom. The van der Waals surface area contributed by atoms with Crippen molar-refractivity contribution in [2.45, 2.75) is 33.2 Å². The van der Waals surface area contributed by atoms with Crippen molar-refractivity contribution in [3.63, 3.8) is 0 Å². The van der Waals surface area contributed by atoms with E-state index in [0.717, 1.165) is 42.7 Å². The molecule has 0 spiro atoms. The number of likely N-dealkylation sites (tertiary alicyclic amines) is 1. The number of rotatable bonds is 5. The fraction of sp³-hybridized carbons (Fsp3) is 0.526. The summed E-state index contributed by atoms with van der Waals surface area (Å²) in [7, 11) is 2.17. The quantitative estimate of drug-likeness (QED) is 0.901. The van der Waals surface area contributed by atoms with E-state index in [4.69, 9.17) is 0 Å². The van der Waals surface area contributed by atoms with Gasteiger partial charge >= 0.3 is 0 Å². The van der Waals surface area contributed by atoms with Crippen molar-refractivity contribution in [2.75, 3.05) is 26.7 Å². The Morgan fingerprint density at radius 2 is 1.92 bits per heavy atom. The molecule has 4 nitrogen and oxygen atoms in total. The van der Waals surface area contributed by atoms with Gasteiger partial charge in [0.2, 0.25) is 0 Å². The van der Waals surface area contributed by atoms with Gasteiger partial charge in [-0.05, 0) is 71.4 Å². The van der Waals surface area contributed by atoms with E-state index in [9.17, 15) is 8.78 Å². The summed E-state index contributed by atoms with van der Waals surface area (Å²) in [5.41, 5.74) is 3.12. The molecule has 0 unspecified atom stereocenters. The van der Waals surface area contributed by atoms with Crippen LogP contribution in [0.2, 0.25) is 0 Å². The minimum atomic E-state index is -0.601. The Morgan fingerprint density at radius 1 is 1.20 bits per heavy atom. The molecule has 0 saturated carbocycles. The zero-order valence-electron chi connectivity index (χ0n) is 15.1. The molecule has 0 aliphatic carbocycles. The van der Waals surface area contributed by atoms with Gasteiger partial charge in [-0.1, -0.05) is 0 Å².